The predicted octanol–water partition coefficient (Wildman–Crippen LogP) is 16.3. The lowest BCUT2D eigenvalue weighted by Crippen LogP contribution is -2.15. The average molecular weight is 753 g/mol. The molecule has 10 aromatic carbocycles. The maximum Gasteiger partial charge on any atom is 0.178 e. The van der Waals surface area contributed by atoms with Crippen molar-refractivity contribution in [3.05, 3.63) is 193 Å². The van der Waals surface area contributed by atoms with Crippen LogP contribution in [-0.4, -0.2) is 0 Å². The Labute approximate surface area is 340 Å². The summed E-state index contributed by atoms with van der Waals surface area (Å²) in [5.74, 6) is 0. The molecule has 0 saturated heterocycles. The van der Waals surface area contributed by atoms with Crippen molar-refractivity contribution in [3.63, 3.8) is 0 Å². The van der Waals surface area contributed by atoms with E-state index in [9.17, 15) is 0 Å². The highest BCUT2D eigenvalue weighted by atomic mass is 16.4. The molecule has 13 rings (SSSR count). The van der Waals surface area contributed by atoms with Gasteiger partial charge in [-0.1, -0.05) is 153 Å². The van der Waals surface area contributed by atoms with Gasteiger partial charge in [-0.25, -0.2) is 0 Å². The first kappa shape index (κ1) is 32.6. The van der Waals surface area contributed by atoms with Gasteiger partial charge in [-0.15, -0.1) is 0 Å². The molecule has 0 spiro atoms. The molecule has 0 N–H and O–H groups in total. The first-order valence-electron chi connectivity index (χ1n) is 20.5. The molecular weight excluding hydrogens is 717 g/mol. The minimum atomic E-state index is -0.172. The number of rotatable bonds is 3. The summed E-state index contributed by atoms with van der Waals surface area (Å²) < 4.78 is 12.9. The second kappa shape index (κ2) is 11.8. The van der Waals surface area contributed by atoms with Gasteiger partial charge in [0.2, 0.25) is 0 Å². The zero-order valence-corrected chi connectivity index (χ0v) is 32.6. The summed E-state index contributed by atoms with van der Waals surface area (Å²) in [4.78, 5) is 0. The summed E-state index contributed by atoms with van der Waals surface area (Å²) in [6.45, 7) is 4.75. The number of para-hydroxylation sites is 1. The minimum Gasteiger partial charge on any atom is -0.452 e. The van der Waals surface area contributed by atoms with Gasteiger partial charge in [-0.05, 0) is 130 Å². The van der Waals surface area contributed by atoms with E-state index in [-0.39, 0.29) is 5.41 Å². The first-order valence-corrected chi connectivity index (χ1v) is 20.5. The van der Waals surface area contributed by atoms with Gasteiger partial charge in [0.15, 0.2) is 11.2 Å². The molecule has 0 radical (unpaired) electrons. The third-order valence-corrected chi connectivity index (χ3v) is 13.3. The summed E-state index contributed by atoms with van der Waals surface area (Å²) in [5.41, 5.74) is 15.9. The van der Waals surface area contributed by atoms with Gasteiger partial charge in [0.25, 0.3) is 0 Å². The van der Waals surface area contributed by atoms with Crippen LogP contribution in [0.25, 0.3) is 121 Å². The van der Waals surface area contributed by atoms with E-state index < -0.39 is 0 Å². The molecule has 0 fully saturated rings. The second-order valence-corrected chi connectivity index (χ2v) is 16.7. The molecule has 276 valence electrons. The number of fused-ring (bicyclic) bond motifs is 13. The summed E-state index contributed by atoms with van der Waals surface area (Å²) in [6.07, 6.45) is 0. The van der Waals surface area contributed by atoms with Crippen LogP contribution in [0.1, 0.15) is 25.0 Å². The molecule has 0 atom stereocenters. The topological polar surface area (TPSA) is 26.3 Å². The number of benzene rings is 10. The molecule has 0 bridgehead atoms. The standard InChI is InChI=1S/C57H36O2/c1-57(2)49-29-24-34(35-22-26-40-47-28-27-46-39-15-9-10-21-51(39)58-55(46)56(47)59-52(40)32-35)30-48(49)38-25-23-36(31-50(38)57)53-42-16-5-7-18-44(42)54(45-19-8-6-17-43(45)53)41-20-11-13-33-12-3-4-14-37(33)41/h3-32H,1-2H3. The van der Waals surface area contributed by atoms with E-state index in [0.29, 0.717) is 0 Å². The van der Waals surface area contributed by atoms with Crippen molar-refractivity contribution < 1.29 is 8.83 Å². The number of furan rings is 2. The van der Waals surface area contributed by atoms with Gasteiger partial charge in [0, 0.05) is 27.0 Å². The first-order chi connectivity index (χ1) is 29.0. The van der Waals surface area contributed by atoms with E-state index in [1.165, 1.54) is 82.4 Å². The molecule has 2 heterocycles. The van der Waals surface area contributed by atoms with E-state index in [1.54, 1.807) is 0 Å². The highest BCUT2D eigenvalue weighted by molar-refractivity contribution is 6.24. The van der Waals surface area contributed by atoms with Crippen LogP contribution in [0.4, 0.5) is 0 Å². The molecule has 59 heavy (non-hydrogen) atoms. The van der Waals surface area contributed by atoms with E-state index >= 15 is 0 Å². The van der Waals surface area contributed by atoms with Gasteiger partial charge in [0.1, 0.15) is 11.2 Å². The Balaban J connectivity index is 0.952. The van der Waals surface area contributed by atoms with Crippen molar-refractivity contribution in [3.8, 4) is 44.5 Å². The average Bonchev–Trinajstić information content (AvgIpc) is 3.92. The summed E-state index contributed by atoms with van der Waals surface area (Å²) in [7, 11) is 0. The molecule has 1 aliphatic carbocycles. The molecule has 0 aliphatic heterocycles. The van der Waals surface area contributed by atoms with Crippen LogP contribution in [0.2, 0.25) is 0 Å². The maximum atomic E-state index is 6.61. The van der Waals surface area contributed by atoms with Gasteiger partial charge in [0.05, 0.1) is 0 Å². The fourth-order valence-corrected chi connectivity index (χ4v) is 10.5. The lowest BCUT2D eigenvalue weighted by molar-refractivity contribution is 0.633. The third-order valence-electron chi connectivity index (χ3n) is 13.3. The molecule has 12 aromatic rings. The predicted molar refractivity (Wildman–Crippen MR) is 247 cm³/mol. The third kappa shape index (κ3) is 4.52. The van der Waals surface area contributed by atoms with Crippen molar-refractivity contribution in [2.24, 2.45) is 0 Å². The molecule has 1 aliphatic rings. The van der Waals surface area contributed by atoms with Crippen molar-refractivity contribution in [1.82, 2.24) is 0 Å². The monoisotopic (exact) mass is 752 g/mol. The summed E-state index contributed by atoms with van der Waals surface area (Å²) in [5, 5.41) is 12.0. The van der Waals surface area contributed by atoms with Crippen molar-refractivity contribution in [2.45, 2.75) is 19.3 Å². The van der Waals surface area contributed by atoms with Gasteiger partial charge in [-0.2, -0.15) is 0 Å². The van der Waals surface area contributed by atoms with Crippen LogP contribution in [0.3, 0.4) is 0 Å². The Hall–Kier alpha value is -7.42. The Morgan fingerprint density at radius 3 is 1.61 bits per heavy atom. The van der Waals surface area contributed by atoms with Crippen LogP contribution in [0.15, 0.2) is 191 Å². The largest absolute Gasteiger partial charge is 0.452 e. The van der Waals surface area contributed by atoms with Crippen LogP contribution in [0.5, 0.6) is 0 Å². The molecule has 0 amide bonds. The lowest BCUT2D eigenvalue weighted by atomic mass is 9.80. The summed E-state index contributed by atoms with van der Waals surface area (Å²) in [6, 6.07) is 66.7. The second-order valence-electron chi connectivity index (χ2n) is 16.7. The van der Waals surface area contributed by atoms with E-state index in [1.807, 2.05) is 12.1 Å². The van der Waals surface area contributed by atoms with E-state index in [2.05, 4.69) is 184 Å². The van der Waals surface area contributed by atoms with Crippen molar-refractivity contribution >= 4 is 76.2 Å². The fraction of sp³-hybridized carbons (Fsp3) is 0.0526. The molecule has 2 aromatic heterocycles. The summed E-state index contributed by atoms with van der Waals surface area (Å²) >= 11 is 0. The Kier molecular flexibility index (Phi) is 6.54. The van der Waals surface area contributed by atoms with E-state index in [0.717, 1.165) is 49.4 Å². The Bertz CT molecular complexity index is 3700. The minimum absolute atomic E-state index is 0.172. The molecule has 0 saturated carbocycles. The molecule has 0 unspecified atom stereocenters. The maximum absolute atomic E-state index is 6.61. The van der Waals surface area contributed by atoms with Crippen LogP contribution in [-0.2, 0) is 5.41 Å². The fourth-order valence-electron chi connectivity index (χ4n) is 10.5. The SMILES string of the molecule is CC1(C)c2ccc(-c3ccc4c(c3)oc3c4ccc4c5ccccc5oc43)cc2-c2ccc(-c3c4ccccc4c(-c4cccc5ccccc45)c4ccccc34)cc21. The highest BCUT2D eigenvalue weighted by Gasteiger charge is 2.36. The van der Waals surface area contributed by atoms with Crippen LogP contribution in [0, 0.1) is 0 Å². The normalized spacial score (nSPS) is 13.4. The smallest absolute Gasteiger partial charge is 0.178 e. The quantitative estimate of drug-likeness (QED) is 0.168. The van der Waals surface area contributed by atoms with Gasteiger partial charge >= 0.3 is 0 Å². The molecular formula is C57H36O2. The van der Waals surface area contributed by atoms with Crippen LogP contribution >= 0.6 is 0 Å². The lowest BCUT2D eigenvalue weighted by Gasteiger charge is -2.23. The van der Waals surface area contributed by atoms with Crippen molar-refractivity contribution in [2.75, 3.05) is 0 Å². The van der Waals surface area contributed by atoms with E-state index in [4.69, 9.17) is 8.83 Å². The zero-order chi connectivity index (χ0) is 39.0. The van der Waals surface area contributed by atoms with Crippen molar-refractivity contribution in [1.29, 1.82) is 0 Å². The van der Waals surface area contributed by atoms with Crippen LogP contribution < -0.4 is 0 Å². The Morgan fingerprint density at radius 1 is 0.322 bits per heavy atom. The Morgan fingerprint density at radius 2 is 0.864 bits per heavy atom. The molecule has 2 heteroatoms. The zero-order valence-electron chi connectivity index (χ0n) is 32.6. The number of hydrogen-bond acceptors (Lipinski definition) is 2. The van der Waals surface area contributed by atoms with Gasteiger partial charge < -0.3 is 8.83 Å². The molecule has 2 nitrogen and oxygen atoms in total. The number of hydrogen-bond donors (Lipinski definition) is 0. The van der Waals surface area contributed by atoms with Gasteiger partial charge in [-0.3, -0.25) is 0 Å². The highest BCUT2D eigenvalue weighted by Crippen LogP contribution is 2.53.